The van der Waals surface area contributed by atoms with Crippen LogP contribution in [0.5, 0.6) is 5.75 Å². The monoisotopic (exact) mass is 418 g/mol. The first-order chi connectivity index (χ1) is 13.8. The van der Waals surface area contributed by atoms with Gasteiger partial charge in [0.25, 0.3) is 0 Å². The summed E-state index contributed by atoms with van der Waals surface area (Å²) in [5.74, 6) is -0.216. The number of aryl methyl sites for hydroxylation is 2. The first kappa shape index (κ1) is 22.9. The number of phenols is 1. The summed E-state index contributed by atoms with van der Waals surface area (Å²) < 4.78 is 27.3. The first-order valence-electron chi connectivity index (χ1n) is 9.94. The highest BCUT2D eigenvalue weighted by Gasteiger charge is 2.32. The number of sulfonamides is 1. The Morgan fingerprint density at radius 3 is 2.17 bits per heavy atom. The van der Waals surface area contributed by atoms with Gasteiger partial charge < -0.3 is 10.4 Å². The van der Waals surface area contributed by atoms with Crippen molar-refractivity contribution in [3.05, 3.63) is 53.6 Å². The number of hydrogen-bond acceptors (Lipinski definition) is 4. The molecule has 6 nitrogen and oxygen atoms in total. The summed E-state index contributed by atoms with van der Waals surface area (Å²) in [5, 5.41) is 12.1. The molecule has 0 spiro atoms. The van der Waals surface area contributed by atoms with E-state index in [0.29, 0.717) is 36.5 Å². The Bertz CT molecular complexity index is 932. The molecular weight excluding hydrogens is 388 g/mol. The van der Waals surface area contributed by atoms with E-state index in [9.17, 15) is 18.3 Å². The molecule has 0 radical (unpaired) electrons. The Morgan fingerprint density at radius 2 is 1.62 bits per heavy atom. The topological polar surface area (TPSA) is 86.7 Å². The minimum atomic E-state index is -3.55. The van der Waals surface area contributed by atoms with Gasteiger partial charge in [-0.2, -0.15) is 4.31 Å². The predicted molar refractivity (Wildman–Crippen MR) is 115 cm³/mol. The lowest BCUT2D eigenvalue weighted by Gasteiger charge is -2.31. The van der Waals surface area contributed by atoms with Gasteiger partial charge in [-0.25, -0.2) is 8.42 Å². The van der Waals surface area contributed by atoms with Crippen molar-refractivity contribution in [2.75, 3.05) is 18.4 Å². The molecule has 1 aliphatic rings. The Hall–Kier alpha value is -2.38. The van der Waals surface area contributed by atoms with Crippen molar-refractivity contribution in [2.24, 2.45) is 5.92 Å². The molecule has 158 valence electrons. The lowest BCUT2D eigenvalue weighted by atomic mass is 9.97. The zero-order valence-corrected chi connectivity index (χ0v) is 18.3. The third-order valence-corrected chi connectivity index (χ3v) is 6.97. The van der Waals surface area contributed by atoms with E-state index in [1.165, 1.54) is 16.4 Å². The number of phenolic OH excluding ortho intramolecular Hbond substituents is 1. The Morgan fingerprint density at radius 1 is 1.03 bits per heavy atom. The summed E-state index contributed by atoms with van der Waals surface area (Å²) in [6.07, 6.45) is 0.960. The molecule has 0 aliphatic carbocycles. The number of benzene rings is 2. The fraction of sp³-hybridized carbons (Fsp3) is 0.409. The molecule has 1 amide bonds. The van der Waals surface area contributed by atoms with Crippen molar-refractivity contribution in [1.29, 1.82) is 0 Å². The standard InChI is InChI=1S/C20H24N2O4S.C2H6/c1-14-3-8-19(15(2)13-14)27(25,26)22-11-9-16(10-12-22)20(24)21-17-4-6-18(23)7-5-17;1-2/h3-8,13,16,23H,9-12H2,1-2H3,(H,21,24);1-2H3. The maximum Gasteiger partial charge on any atom is 0.243 e. The highest BCUT2D eigenvalue weighted by atomic mass is 32.2. The van der Waals surface area contributed by atoms with Gasteiger partial charge in [-0.1, -0.05) is 31.5 Å². The minimum absolute atomic E-state index is 0.121. The largest absolute Gasteiger partial charge is 0.508 e. The van der Waals surface area contributed by atoms with E-state index >= 15 is 0 Å². The second-order valence-corrected chi connectivity index (χ2v) is 8.89. The van der Waals surface area contributed by atoms with Gasteiger partial charge in [0.2, 0.25) is 15.9 Å². The van der Waals surface area contributed by atoms with Crippen molar-refractivity contribution in [3.63, 3.8) is 0 Å². The van der Waals surface area contributed by atoms with Crippen LogP contribution >= 0.6 is 0 Å². The van der Waals surface area contributed by atoms with Crippen LogP contribution in [0.2, 0.25) is 0 Å². The van der Waals surface area contributed by atoms with Gasteiger partial charge in [0.1, 0.15) is 5.75 Å². The molecule has 1 fully saturated rings. The van der Waals surface area contributed by atoms with Crippen LogP contribution in [-0.4, -0.2) is 36.8 Å². The molecule has 0 unspecified atom stereocenters. The van der Waals surface area contributed by atoms with E-state index in [1.54, 1.807) is 31.2 Å². The Kier molecular flexibility index (Phi) is 7.81. The fourth-order valence-corrected chi connectivity index (χ4v) is 5.05. The molecule has 2 N–H and O–H groups in total. The van der Waals surface area contributed by atoms with E-state index in [1.807, 2.05) is 26.8 Å². The molecule has 1 aliphatic heterocycles. The molecule has 2 aromatic carbocycles. The molecule has 29 heavy (non-hydrogen) atoms. The van der Waals surface area contributed by atoms with Gasteiger partial charge in [0, 0.05) is 24.7 Å². The lowest BCUT2D eigenvalue weighted by molar-refractivity contribution is -0.120. The molecule has 1 saturated heterocycles. The highest BCUT2D eigenvalue weighted by molar-refractivity contribution is 7.89. The average molecular weight is 419 g/mol. The van der Waals surface area contributed by atoms with E-state index in [4.69, 9.17) is 0 Å². The van der Waals surface area contributed by atoms with Gasteiger partial charge in [-0.05, 0) is 62.6 Å². The number of aromatic hydroxyl groups is 1. The van der Waals surface area contributed by atoms with Crippen LogP contribution in [0.25, 0.3) is 0 Å². The zero-order valence-electron chi connectivity index (χ0n) is 17.5. The van der Waals surface area contributed by atoms with Crippen molar-refractivity contribution in [1.82, 2.24) is 4.31 Å². The maximum absolute atomic E-state index is 12.9. The van der Waals surface area contributed by atoms with Gasteiger partial charge >= 0.3 is 0 Å². The van der Waals surface area contributed by atoms with Crippen molar-refractivity contribution in [3.8, 4) is 5.75 Å². The number of hydrogen-bond donors (Lipinski definition) is 2. The molecule has 2 aromatic rings. The zero-order chi connectivity index (χ0) is 21.6. The van der Waals surface area contributed by atoms with Gasteiger partial charge in [0.05, 0.1) is 4.90 Å². The van der Waals surface area contributed by atoms with E-state index in [2.05, 4.69) is 5.32 Å². The number of amides is 1. The third kappa shape index (κ3) is 5.58. The van der Waals surface area contributed by atoms with Gasteiger partial charge in [-0.3, -0.25) is 4.79 Å². The summed E-state index contributed by atoms with van der Waals surface area (Å²) in [6, 6.07) is 11.6. The first-order valence-corrected chi connectivity index (χ1v) is 11.4. The van der Waals surface area contributed by atoms with Gasteiger partial charge in [-0.15, -0.1) is 0 Å². The fourth-order valence-electron chi connectivity index (χ4n) is 3.38. The van der Waals surface area contributed by atoms with Crippen LogP contribution in [0, 0.1) is 19.8 Å². The number of anilines is 1. The van der Waals surface area contributed by atoms with Crippen LogP contribution in [-0.2, 0) is 14.8 Å². The number of rotatable bonds is 4. The molecule has 7 heteroatoms. The van der Waals surface area contributed by atoms with Crippen LogP contribution in [0.3, 0.4) is 0 Å². The molecule has 1 heterocycles. The molecule has 3 rings (SSSR count). The quantitative estimate of drug-likeness (QED) is 0.733. The summed E-state index contributed by atoms with van der Waals surface area (Å²) in [5.41, 5.74) is 2.38. The van der Waals surface area contributed by atoms with Crippen molar-refractivity contribution >= 4 is 21.6 Å². The van der Waals surface area contributed by atoms with E-state index < -0.39 is 10.0 Å². The van der Waals surface area contributed by atoms with Gasteiger partial charge in [0.15, 0.2) is 0 Å². The second-order valence-electron chi connectivity index (χ2n) is 6.98. The predicted octanol–water partition coefficient (Wildman–Crippen LogP) is 4.07. The van der Waals surface area contributed by atoms with Crippen molar-refractivity contribution < 1.29 is 18.3 Å². The molecule has 0 saturated carbocycles. The van der Waals surface area contributed by atoms with Crippen LogP contribution in [0.4, 0.5) is 5.69 Å². The summed E-state index contributed by atoms with van der Waals surface area (Å²) in [7, 11) is -3.55. The number of piperidine rings is 1. The van der Waals surface area contributed by atoms with Crippen molar-refractivity contribution in [2.45, 2.75) is 45.4 Å². The molecule has 0 bridgehead atoms. The normalized spacial score (nSPS) is 15.3. The SMILES string of the molecule is CC.Cc1ccc(S(=O)(=O)N2CCC(C(=O)Nc3ccc(O)cc3)CC2)c(C)c1. The third-order valence-electron chi connectivity index (χ3n) is 4.91. The maximum atomic E-state index is 12.9. The smallest absolute Gasteiger partial charge is 0.243 e. The highest BCUT2D eigenvalue weighted by Crippen LogP contribution is 2.27. The molecular formula is C22H30N2O4S. The lowest BCUT2D eigenvalue weighted by Crippen LogP contribution is -2.41. The number of nitrogens with one attached hydrogen (secondary N) is 1. The van der Waals surface area contributed by atoms with Crippen LogP contribution in [0.15, 0.2) is 47.4 Å². The minimum Gasteiger partial charge on any atom is -0.508 e. The molecule has 0 atom stereocenters. The van der Waals surface area contributed by atoms with E-state index in [-0.39, 0.29) is 17.6 Å². The Balaban J connectivity index is 0.00000145. The van der Waals surface area contributed by atoms with Crippen LogP contribution in [0.1, 0.15) is 37.8 Å². The molecule has 0 aromatic heterocycles. The summed E-state index contributed by atoms with van der Waals surface area (Å²) in [6.45, 7) is 8.38. The summed E-state index contributed by atoms with van der Waals surface area (Å²) in [4.78, 5) is 12.8. The van der Waals surface area contributed by atoms with Crippen LogP contribution < -0.4 is 5.32 Å². The number of nitrogens with zero attached hydrogens (tertiary/aromatic N) is 1. The summed E-state index contributed by atoms with van der Waals surface area (Å²) >= 11 is 0. The average Bonchev–Trinajstić information content (AvgIpc) is 2.71. The van der Waals surface area contributed by atoms with E-state index in [0.717, 1.165) is 11.1 Å². The number of carbonyl (C=O) groups excluding carboxylic acids is 1. The number of carbonyl (C=O) groups is 1. The Labute approximate surface area is 173 Å². The second kappa shape index (κ2) is 9.89.